The molecule has 2 aromatic heterocycles. The molecule has 0 radical (unpaired) electrons. The van der Waals surface area contributed by atoms with Crippen LogP contribution in [0.3, 0.4) is 0 Å². The van der Waals surface area contributed by atoms with Crippen molar-refractivity contribution in [2.75, 3.05) is 5.32 Å². The molecular weight excluding hydrogens is 318 g/mol. The van der Waals surface area contributed by atoms with Gasteiger partial charge in [-0.25, -0.2) is 9.97 Å². The van der Waals surface area contributed by atoms with Gasteiger partial charge in [0, 0.05) is 17.0 Å². The zero-order valence-corrected chi connectivity index (χ0v) is 14.5. The van der Waals surface area contributed by atoms with Crippen LogP contribution >= 0.6 is 11.3 Å². The normalized spacial score (nSPS) is 21.1. The summed E-state index contributed by atoms with van der Waals surface area (Å²) in [6.07, 6.45) is 3.55. The molecule has 1 aromatic carbocycles. The summed E-state index contributed by atoms with van der Waals surface area (Å²) < 4.78 is 0. The van der Waals surface area contributed by atoms with E-state index in [9.17, 15) is 5.11 Å². The van der Waals surface area contributed by atoms with E-state index < -0.39 is 0 Å². The minimum atomic E-state index is -0.142. The first-order chi connectivity index (χ1) is 11.7. The van der Waals surface area contributed by atoms with Gasteiger partial charge in [-0.1, -0.05) is 30.3 Å². The number of hydrogen-bond acceptors (Lipinski definition) is 5. The molecule has 5 heteroatoms. The monoisotopic (exact) mass is 339 g/mol. The predicted octanol–water partition coefficient (Wildman–Crippen LogP) is 4.38. The Kier molecular flexibility index (Phi) is 4.21. The lowest BCUT2D eigenvalue weighted by molar-refractivity contribution is 0.126. The Morgan fingerprint density at radius 2 is 1.83 bits per heavy atom. The third-order valence-corrected chi connectivity index (χ3v) is 5.54. The Labute approximate surface area is 145 Å². The average Bonchev–Trinajstić information content (AvgIpc) is 3.01. The fraction of sp³-hybridized carbons (Fsp3) is 0.368. The first kappa shape index (κ1) is 15.5. The summed E-state index contributed by atoms with van der Waals surface area (Å²) >= 11 is 1.67. The van der Waals surface area contributed by atoms with Gasteiger partial charge in [0.25, 0.3) is 0 Å². The largest absolute Gasteiger partial charge is 0.393 e. The van der Waals surface area contributed by atoms with Crippen LogP contribution in [0, 0.1) is 6.92 Å². The maximum Gasteiger partial charge on any atom is 0.139 e. The number of anilines is 1. The van der Waals surface area contributed by atoms with E-state index in [1.54, 1.807) is 11.3 Å². The molecule has 0 saturated heterocycles. The first-order valence-corrected chi connectivity index (χ1v) is 9.34. The van der Waals surface area contributed by atoms with Crippen LogP contribution in [-0.4, -0.2) is 27.2 Å². The third-order valence-electron chi connectivity index (χ3n) is 4.67. The van der Waals surface area contributed by atoms with Crippen molar-refractivity contribution in [3.63, 3.8) is 0 Å². The van der Waals surface area contributed by atoms with E-state index in [0.29, 0.717) is 6.04 Å². The summed E-state index contributed by atoms with van der Waals surface area (Å²) in [5.41, 5.74) is 2.38. The topological polar surface area (TPSA) is 58.0 Å². The van der Waals surface area contributed by atoms with Crippen LogP contribution in [0.15, 0.2) is 35.7 Å². The molecule has 0 amide bonds. The summed E-state index contributed by atoms with van der Waals surface area (Å²) in [5.74, 6) is 1.72. The molecule has 1 aliphatic carbocycles. The van der Waals surface area contributed by atoms with Crippen LogP contribution in [0.1, 0.15) is 31.5 Å². The number of fused-ring (bicyclic) bond motifs is 1. The van der Waals surface area contributed by atoms with E-state index in [1.165, 1.54) is 11.1 Å². The lowest BCUT2D eigenvalue weighted by Gasteiger charge is -2.27. The number of nitrogens with one attached hydrogen (secondary N) is 1. The number of aliphatic hydroxyl groups excluding tert-OH is 1. The molecule has 1 saturated carbocycles. The van der Waals surface area contributed by atoms with E-state index in [0.717, 1.165) is 47.5 Å². The highest BCUT2D eigenvalue weighted by Gasteiger charge is 2.22. The molecule has 0 unspecified atom stereocenters. The van der Waals surface area contributed by atoms with E-state index in [1.807, 2.05) is 13.0 Å². The summed E-state index contributed by atoms with van der Waals surface area (Å²) in [4.78, 5) is 10.3. The second kappa shape index (κ2) is 6.49. The molecule has 0 atom stereocenters. The molecule has 0 aliphatic heterocycles. The number of rotatable bonds is 3. The zero-order valence-electron chi connectivity index (χ0n) is 13.7. The van der Waals surface area contributed by atoms with E-state index in [-0.39, 0.29) is 6.10 Å². The maximum absolute atomic E-state index is 9.72. The van der Waals surface area contributed by atoms with Gasteiger partial charge in [-0.15, -0.1) is 11.3 Å². The van der Waals surface area contributed by atoms with Gasteiger partial charge in [-0.2, -0.15) is 0 Å². The van der Waals surface area contributed by atoms with Crippen molar-refractivity contribution in [1.29, 1.82) is 0 Å². The number of thiophene rings is 1. The van der Waals surface area contributed by atoms with Gasteiger partial charge < -0.3 is 10.4 Å². The van der Waals surface area contributed by atoms with Crippen molar-refractivity contribution < 1.29 is 5.11 Å². The number of hydrogen-bond donors (Lipinski definition) is 2. The second-order valence-corrected chi connectivity index (χ2v) is 7.32. The molecule has 3 aromatic rings. The van der Waals surface area contributed by atoms with Crippen molar-refractivity contribution in [1.82, 2.24) is 9.97 Å². The molecule has 0 spiro atoms. The molecule has 4 nitrogen and oxygen atoms in total. The van der Waals surface area contributed by atoms with Gasteiger partial charge in [-0.3, -0.25) is 0 Å². The van der Waals surface area contributed by atoms with Crippen molar-refractivity contribution in [3.8, 4) is 11.1 Å². The second-order valence-electron chi connectivity index (χ2n) is 6.46. The van der Waals surface area contributed by atoms with Crippen molar-refractivity contribution in [3.05, 3.63) is 41.5 Å². The average molecular weight is 339 g/mol. The van der Waals surface area contributed by atoms with Crippen LogP contribution in [0.25, 0.3) is 21.3 Å². The van der Waals surface area contributed by atoms with Crippen molar-refractivity contribution in [2.45, 2.75) is 44.8 Å². The maximum atomic E-state index is 9.72. The number of aromatic nitrogens is 2. The zero-order chi connectivity index (χ0) is 16.5. The highest BCUT2D eigenvalue weighted by Crippen LogP contribution is 2.37. The highest BCUT2D eigenvalue weighted by atomic mass is 32.1. The number of benzene rings is 1. The minimum absolute atomic E-state index is 0.142. The number of nitrogens with zero attached hydrogens (tertiary/aromatic N) is 2. The van der Waals surface area contributed by atoms with Crippen molar-refractivity contribution in [2.24, 2.45) is 0 Å². The third kappa shape index (κ3) is 3.01. The number of aryl methyl sites for hydroxylation is 1. The fourth-order valence-electron chi connectivity index (χ4n) is 3.40. The van der Waals surface area contributed by atoms with Crippen molar-refractivity contribution >= 4 is 27.4 Å². The standard InChI is InChI=1S/C19H21N3OS/c1-12-20-18(22-14-7-9-15(23)10-8-14)17-16(11-24-19(17)21-12)13-5-3-2-4-6-13/h2-6,11,14-15,23H,7-10H2,1H3,(H,20,21,22). The quantitative estimate of drug-likeness (QED) is 0.743. The molecule has 1 aliphatic rings. The Morgan fingerprint density at radius 3 is 2.58 bits per heavy atom. The van der Waals surface area contributed by atoms with E-state index in [4.69, 9.17) is 4.98 Å². The van der Waals surface area contributed by atoms with Gasteiger partial charge in [0.1, 0.15) is 16.5 Å². The summed E-state index contributed by atoms with van der Waals surface area (Å²) in [5, 5.41) is 16.6. The molecule has 4 rings (SSSR count). The minimum Gasteiger partial charge on any atom is -0.393 e. The van der Waals surface area contributed by atoms with Gasteiger partial charge >= 0.3 is 0 Å². The highest BCUT2D eigenvalue weighted by molar-refractivity contribution is 7.17. The van der Waals surface area contributed by atoms with E-state index >= 15 is 0 Å². The van der Waals surface area contributed by atoms with Crippen LogP contribution in [0.5, 0.6) is 0 Å². The Bertz CT molecular complexity index is 838. The lowest BCUT2D eigenvalue weighted by atomic mass is 9.93. The first-order valence-electron chi connectivity index (χ1n) is 8.46. The SMILES string of the molecule is Cc1nc(NC2CCC(O)CC2)c2c(-c3ccccc3)csc2n1. The molecule has 2 N–H and O–H groups in total. The molecule has 24 heavy (non-hydrogen) atoms. The van der Waals surface area contributed by atoms with E-state index in [2.05, 4.69) is 39.9 Å². The van der Waals surface area contributed by atoms with Gasteiger partial charge in [0.2, 0.25) is 0 Å². The summed E-state index contributed by atoms with van der Waals surface area (Å²) in [6.45, 7) is 1.94. The van der Waals surface area contributed by atoms with Crippen LogP contribution in [0.4, 0.5) is 5.82 Å². The Morgan fingerprint density at radius 1 is 1.08 bits per heavy atom. The van der Waals surface area contributed by atoms with Gasteiger partial charge in [0.15, 0.2) is 0 Å². The Hall–Kier alpha value is -1.98. The summed E-state index contributed by atoms with van der Waals surface area (Å²) in [6, 6.07) is 10.8. The number of aliphatic hydroxyl groups is 1. The predicted molar refractivity (Wildman–Crippen MR) is 99.5 cm³/mol. The summed E-state index contributed by atoms with van der Waals surface area (Å²) in [7, 11) is 0. The Balaban J connectivity index is 1.75. The fourth-order valence-corrected chi connectivity index (χ4v) is 4.39. The van der Waals surface area contributed by atoms with Crippen LogP contribution in [-0.2, 0) is 0 Å². The van der Waals surface area contributed by atoms with Gasteiger partial charge in [0.05, 0.1) is 11.5 Å². The van der Waals surface area contributed by atoms with Gasteiger partial charge in [-0.05, 0) is 38.2 Å². The van der Waals surface area contributed by atoms with Crippen LogP contribution in [0.2, 0.25) is 0 Å². The molecule has 0 bridgehead atoms. The smallest absolute Gasteiger partial charge is 0.139 e. The molecule has 2 heterocycles. The molecule has 124 valence electrons. The molecular formula is C19H21N3OS. The van der Waals surface area contributed by atoms with Crippen LogP contribution < -0.4 is 5.32 Å². The lowest BCUT2D eigenvalue weighted by Crippen LogP contribution is -2.28. The molecule has 1 fully saturated rings.